The monoisotopic (exact) mass is 704 g/mol. The van der Waals surface area contributed by atoms with Crippen LogP contribution in [0.5, 0.6) is 17.2 Å². The van der Waals surface area contributed by atoms with E-state index in [-0.39, 0.29) is 12.6 Å². The second-order valence-electron chi connectivity index (χ2n) is 12.6. The zero-order valence-corrected chi connectivity index (χ0v) is 30.6. The average molecular weight is 705 g/mol. The first kappa shape index (κ1) is 36.3. The van der Waals surface area contributed by atoms with Crippen LogP contribution in [0.1, 0.15) is 18.9 Å². The molecule has 53 heavy (non-hydrogen) atoms. The summed E-state index contributed by atoms with van der Waals surface area (Å²) in [5.41, 5.74) is 9.99. The minimum Gasteiger partial charge on any atom is -0.497 e. The Balaban J connectivity index is 1.22. The molecule has 0 aliphatic heterocycles. The van der Waals surface area contributed by atoms with Crippen LogP contribution in [0.3, 0.4) is 0 Å². The van der Waals surface area contributed by atoms with Crippen molar-refractivity contribution >= 4 is 40.1 Å². The fourth-order valence-electron chi connectivity index (χ4n) is 5.96. The summed E-state index contributed by atoms with van der Waals surface area (Å²) in [4.78, 5) is 16.1. The SMILES string of the molecule is C=C(C)C(=O)OCCCOc1ccc(N(c2ccc(OC)cc2)c2ccc(-c3ccc(N(c4ccc(OC)cc4)c4cccc(C)c4)cc3)cc2)cc1. The summed E-state index contributed by atoms with van der Waals surface area (Å²) >= 11 is 0. The van der Waals surface area contributed by atoms with E-state index in [1.807, 2.05) is 60.7 Å². The lowest BCUT2D eigenvalue weighted by Crippen LogP contribution is -2.10. The van der Waals surface area contributed by atoms with Crippen LogP contribution in [0.15, 0.2) is 158 Å². The molecule has 0 bridgehead atoms. The van der Waals surface area contributed by atoms with Crippen LogP contribution in [-0.2, 0) is 9.53 Å². The Kier molecular flexibility index (Phi) is 11.8. The molecule has 0 aliphatic rings. The van der Waals surface area contributed by atoms with E-state index in [2.05, 4.69) is 108 Å². The Morgan fingerprint density at radius 2 is 0.962 bits per heavy atom. The highest BCUT2D eigenvalue weighted by Crippen LogP contribution is 2.39. The van der Waals surface area contributed by atoms with E-state index in [1.165, 1.54) is 5.56 Å². The zero-order chi connectivity index (χ0) is 37.2. The van der Waals surface area contributed by atoms with Crippen molar-refractivity contribution in [1.82, 2.24) is 0 Å². The van der Waals surface area contributed by atoms with Crippen molar-refractivity contribution < 1.29 is 23.7 Å². The number of benzene rings is 6. The number of rotatable bonds is 15. The molecule has 7 heteroatoms. The highest BCUT2D eigenvalue weighted by atomic mass is 16.5. The number of carbonyl (C=O) groups is 1. The van der Waals surface area contributed by atoms with Gasteiger partial charge in [0.15, 0.2) is 0 Å². The van der Waals surface area contributed by atoms with Crippen LogP contribution in [0.25, 0.3) is 11.1 Å². The van der Waals surface area contributed by atoms with E-state index in [4.69, 9.17) is 18.9 Å². The van der Waals surface area contributed by atoms with Crippen LogP contribution in [0.2, 0.25) is 0 Å². The second kappa shape index (κ2) is 17.2. The Labute approximate surface area is 312 Å². The summed E-state index contributed by atoms with van der Waals surface area (Å²) in [6.07, 6.45) is 0.585. The van der Waals surface area contributed by atoms with Gasteiger partial charge in [0.2, 0.25) is 0 Å². The lowest BCUT2D eigenvalue weighted by Gasteiger charge is -2.26. The molecule has 0 atom stereocenters. The molecule has 6 aromatic carbocycles. The Morgan fingerprint density at radius 1 is 0.547 bits per heavy atom. The van der Waals surface area contributed by atoms with Gasteiger partial charge in [-0.3, -0.25) is 0 Å². The predicted octanol–water partition coefficient (Wildman–Crippen LogP) is 11.5. The van der Waals surface area contributed by atoms with Crippen LogP contribution in [0.4, 0.5) is 34.1 Å². The molecule has 0 unspecified atom stereocenters. The topological polar surface area (TPSA) is 60.5 Å². The summed E-state index contributed by atoms with van der Waals surface area (Å²) in [5.74, 6) is 1.96. The van der Waals surface area contributed by atoms with Crippen molar-refractivity contribution in [3.63, 3.8) is 0 Å². The number of carbonyl (C=O) groups excluding carboxylic acids is 1. The van der Waals surface area contributed by atoms with E-state index >= 15 is 0 Å². The fraction of sp³-hybridized carbons (Fsp3) is 0.152. The molecule has 0 radical (unpaired) electrons. The quantitative estimate of drug-likeness (QED) is 0.0599. The van der Waals surface area contributed by atoms with Crippen LogP contribution < -0.4 is 24.0 Å². The molecular weight excluding hydrogens is 661 g/mol. The molecule has 0 amide bonds. The van der Waals surface area contributed by atoms with Crippen LogP contribution in [-0.4, -0.2) is 33.4 Å². The van der Waals surface area contributed by atoms with Gasteiger partial charge in [-0.1, -0.05) is 43.0 Å². The van der Waals surface area contributed by atoms with Crippen molar-refractivity contribution in [3.05, 3.63) is 163 Å². The standard InChI is InChI=1S/C46H44N2O5/c1-33(2)46(49)53-31-7-30-52-45-28-22-40(23-29-45)47(39-18-24-43(50-4)25-19-39)37-14-10-35(11-15-37)36-12-16-38(17-13-36)48(42-9-6-8-34(3)32-42)41-20-26-44(51-5)27-21-41/h6,8-29,32H,1,7,30-31H2,2-5H3. The first-order valence-corrected chi connectivity index (χ1v) is 17.5. The molecular formula is C46H44N2O5. The van der Waals surface area contributed by atoms with Gasteiger partial charge in [-0.25, -0.2) is 4.79 Å². The molecule has 6 aromatic rings. The lowest BCUT2D eigenvalue weighted by atomic mass is 10.0. The summed E-state index contributed by atoms with van der Waals surface area (Å²) in [7, 11) is 3.35. The number of hydrogen-bond donors (Lipinski definition) is 0. The highest BCUT2D eigenvalue weighted by Gasteiger charge is 2.16. The molecule has 0 fully saturated rings. The maximum Gasteiger partial charge on any atom is 0.333 e. The minimum atomic E-state index is -0.384. The average Bonchev–Trinajstić information content (AvgIpc) is 3.19. The summed E-state index contributed by atoms with van der Waals surface area (Å²) < 4.78 is 21.9. The maximum absolute atomic E-state index is 11.6. The molecule has 6 rings (SSSR count). The van der Waals surface area contributed by atoms with E-state index in [0.29, 0.717) is 18.6 Å². The molecule has 0 saturated carbocycles. The summed E-state index contributed by atoms with van der Waals surface area (Å²) in [5, 5.41) is 0. The fourth-order valence-corrected chi connectivity index (χ4v) is 5.96. The number of ether oxygens (including phenoxy) is 4. The van der Waals surface area contributed by atoms with Crippen molar-refractivity contribution in [2.24, 2.45) is 0 Å². The van der Waals surface area contributed by atoms with E-state index < -0.39 is 0 Å². The maximum atomic E-state index is 11.6. The number of methoxy groups -OCH3 is 2. The summed E-state index contributed by atoms with van der Waals surface area (Å²) in [6.45, 7) is 8.06. The Morgan fingerprint density at radius 3 is 1.38 bits per heavy atom. The molecule has 0 heterocycles. The Hall–Kier alpha value is -6.47. The zero-order valence-electron chi connectivity index (χ0n) is 30.6. The third-order valence-electron chi connectivity index (χ3n) is 8.74. The third kappa shape index (κ3) is 9.07. The van der Waals surface area contributed by atoms with Crippen molar-refractivity contribution in [2.45, 2.75) is 20.3 Å². The van der Waals surface area contributed by atoms with Crippen molar-refractivity contribution in [3.8, 4) is 28.4 Å². The molecule has 0 spiro atoms. The number of aryl methyl sites for hydroxylation is 1. The normalized spacial score (nSPS) is 10.6. The number of esters is 1. The van der Waals surface area contributed by atoms with Gasteiger partial charge < -0.3 is 28.7 Å². The molecule has 0 aromatic heterocycles. The molecule has 7 nitrogen and oxygen atoms in total. The van der Waals surface area contributed by atoms with Crippen molar-refractivity contribution in [1.29, 1.82) is 0 Å². The number of anilines is 6. The van der Waals surface area contributed by atoms with Crippen LogP contribution >= 0.6 is 0 Å². The largest absolute Gasteiger partial charge is 0.497 e. The van der Waals surface area contributed by atoms with E-state index in [1.54, 1.807) is 21.1 Å². The van der Waals surface area contributed by atoms with Gasteiger partial charge in [-0.2, -0.15) is 0 Å². The van der Waals surface area contributed by atoms with Gasteiger partial charge >= 0.3 is 5.97 Å². The second-order valence-corrected chi connectivity index (χ2v) is 12.6. The van der Waals surface area contributed by atoms with Gasteiger partial charge in [0, 0.05) is 46.1 Å². The van der Waals surface area contributed by atoms with Gasteiger partial charge in [0.1, 0.15) is 17.2 Å². The molecule has 0 saturated heterocycles. The van der Waals surface area contributed by atoms with Crippen molar-refractivity contribution in [2.75, 3.05) is 37.2 Å². The van der Waals surface area contributed by atoms with Gasteiger partial charge in [-0.05, 0) is 140 Å². The number of nitrogens with zero attached hydrogens (tertiary/aromatic N) is 2. The van der Waals surface area contributed by atoms with Gasteiger partial charge in [-0.15, -0.1) is 0 Å². The minimum absolute atomic E-state index is 0.282. The molecule has 268 valence electrons. The summed E-state index contributed by atoms with van der Waals surface area (Å²) in [6, 6.07) is 49.9. The van der Waals surface area contributed by atoms with Gasteiger partial charge in [0.05, 0.1) is 27.4 Å². The highest BCUT2D eigenvalue weighted by molar-refractivity contribution is 5.87. The lowest BCUT2D eigenvalue weighted by molar-refractivity contribution is -0.139. The first-order valence-electron chi connectivity index (χ1n) is 17.5. The predicted molar refractivity (Wildman–Crippen MR) is 215 cm³/mol. The van der Waals surface area contributed by atoms with E-state index in [9.17, 15) is 4.79 Å². The number of hydrogen-bond acceptors (Lipinski definition) is 7. The smallest absolute Gasteiger partial charge is 0.333 e. The Bertz CT molecular complexity index is 2110. The first-order chi connectivity index (χ1) is 25.8. The van der Waals surface area contributed by atoms with Crippen LogP contribution in [0, 0.1) is 6.92 Å². The molecule has 0 aliphatic carbocycles. The third-order valence-corrected chi connectivity index (χ3v) is 8.74. The molecule has 0 N–H and O–H groups in total. The van der Waals surface area contributed by atoms with Gasteiger partial charge in [0.25, 0.3) is 0 Å². The van der Waals surface area contributed by atoms with E-state index in [0.717, 1.165) is 62.5 Å².